The van der Waals surface area contributed by atoms with Crippen LogP contribution in [0.15, 0.2) is 64.6 Å². The molecule has 9 heteroatoms. The molecule has 0 saturated carbocycles. The Kier molecular flexibility index (Phi) is 7.78. The third-order valence-corrected chi connectivity index (χ3v) is 6.96. The maximum Gasteiger partial charge on any atom is 0.244 e. The molecule has 0 spiro atoms. The van der Waals surface area contributed by atoms with Crippen molar-refractivity contribution < 1.29 is 23.2 Å². The summed E-state index contributed by atoms with van der Waals surface area (Å²) < 4.78 is 27.9. The van der Waals surface area contributed by atoms with Gasteiger partial charge in [0, 0.05) is 19.6 Å². The molecular formula is C22H27N3O5S. The quantitative estimate of drug-likeness (QED) is 0.453. The van der Waals surface area contributed by atoms with Crippen molar-refractivity contribution in [1.29, 1.82) is 0 Å². The summed E-state index contributed by atoms with van der Waals surface area (Å²) in [5.41, 5.74) is 2.38. The summed E-state index contributed by atoms with van der Waals surface area (Å²) in [4.78, 5) is 17.6. The van der Waals surface area contributed by atoms with Crippen LogP contribution in [-0.4, -0.2) is 62.3 Å². The van der Waals surface area contributed by atoms with Crippen molar-refractivity contribution >= 4 is 21.6 Å². The SMILES string of the molecule is CON=C1C[C@@H](C(=O)NCCCCO)N(S(=O)(=O)c2ccc(-c3ccccc3)cc2)C1. The first-order chi connectivity index (χ1) is 15.0. The van der Waals surface area contributed by atoms with E-state index in [0.717, 1.165) is 11.1 Å². The molecule has 2 aromatic rings. The monoisotopic (exact) mass is 445 g/mol. The maximum absolute atomic E-state index is 13.3. The Balaban J connectivity index is 1.82. The number of amides is 1. The molecule has 1 saturated heterocycles. The van der Waals surface area contributed by atoms with Crippen molar-refractivity contribution in [3.05, 3.63) is 54.6 Å². The topological polar surface area (TPSA) is 108 Å². The van der Waals surface area contributed by atoms with Gasteiger partial charge in [0.15, 0.2) is 0 Å². The second-order valence-corrected chi connectivity index (χ2v) is 9.11. The average molecular weight is 446 g/mol. The van der Waals surface area contributed by atoms with Gasteiger partial charge in [-0.2, -0.15) is 4.31 Å². The van der Waals surface area contributed by atoms with Crippen LogP contribution >= 0.6 is 0 Å². The van der Waals surface area contributed by atoms with Crippen LogP contribution in [-0.2, 0) is 19.7 Å². The highest BCUT2D eigenvalue weighted by atomic mass is 32.2. The van der Waals surface area contributed by atoms with Crippen LogP contribution < -0.4 is 5.32 Å². The van der Waals surface area contributed by atoms with Gasteiger partial charge in [0.1, 0.15) is 13.2 Å². The Morgan fingerprint density at radius 1 is 1.13 bits per heavy atom. The second-order valence-electron chi connectivity index (χ2n) is 7.22. The number of carbonyl (C=O) groups excluding carboxylic acids is 1. The Hall–Kier alpha value is -2.75. The van der Waals surface area contributed by atoms with Gasteiger partial charge >= 0.3 is 0 Å². The summed E-state index contributed by atoms with van der Waals surface area (Å²) in [6.07, 6.45) is 1.35. The molecule has 3 rings (SSSR count). The first kappa shape index (κ1) is 22.9. The zero-order chi connectivity index (χ0) is 22.3. The van der Waals surface area contributed by atoms with E-state index in [0.29, 0.717) is 25.1 Å². The van der Waals surface area contributed by atoms with E-state index in [-0.39, 0.29) is 30.4 Å². The van der Waals surface area contributed by atoms with Gasteiger partial charge in [-0.15, -0.1) is 0 Å². The van der Waals surface area contributed by atoms with E-state index in [1.807, 2.05) is 30.3 Å². The van der Waals surface area contributed by atoms with Gasteiger partial charge in [-0.05, 0) is 36.1 Å². The van der Waals surface area contributed by atoms with Gasteiger partial charge in [0.05, 0.1) is 17.2 Å². The van der Waals surface area contributed by atoms with Crippen LogP contribution in [0.5, 0.6) is 0 Å². The normalized spacial score (nSPS) is 18.3. The Labute approximate surface area is 182 Å². The Morgan fingerprint density at radius 2 is 1.81 bits per heavy atom. The van der Waals surface area contributed by atoms with Crippen molar-refractivity contribution in [1.82, 2.24) is 9.62 Å². The molecule has 0 unspecified atom stereocenters. The van der Waals surface area contributed by atoms with Crippen molar-refractivity contribution in [2.45, 2.75) is 30.2 Å². The molecule has 2 aromatic carbocycles. The minimum atomic E-state index is -3.92. The predicted octanol–water partition coefficient (Wildman–Crippen LogP) is 2.01. The fraction of sp³-hybridized carbons (Fsp3) is 0.364. The lowest BCUT2D eigenvalue weighted by atomic mass is 10.1. The lowest BCUT2D eigenvalue weighted by Gasteiger charge is -2.23. The predicted molar refractivity (Wildman–Crippen MR) is 118 cm³/mol. The number of carbonyl (C=O) groups is 1. The fourth-order valence-corrected chi connectivity index (χ4v) is 5.08. The summed E-state index contributed by atoms with van der Waals surface area (Å²) in [5.74, 6) is -0.385. The van der Waals surface area contributed by atoms with E-state index in [1.54, 1.807) is 24.3 Å². The second kappa shape index (κ2) is 10.5. The van der Waals surface area contributed by atoms with E-state index in [9.17, 15) is 13.2 Å². The summed E-state index contributed by atoms with van der Waals surface area (Å²) in [6.45, 7) is 0.404. The molecule has 1 fully saturated rings. The summed E-state index contributed by atoms with van der Waals surface area (Å²) in [6, 6.07) is 15.4. The van der Waals surface area contributed by atoms with E-state index in [2.05, 4.69) is 10.5 Å². The largest absolute Gasteiger partial charge is 0.399 e. The molecule has 166 valence electrons. The molecule has 0 aromatic heterocycles. The van der Waals surface area contributed by atoms with Gasteiger partial charge in [0.25, 0.3) is 0 Å². The van der Waals surface area contributed by atoms with Crippen molar-refractivity contribution in [3.63, 3.8) is 0 Å². The van der Waals surface area contributed by atoms with Gasteiger partial charge < -0.3 is 15.3 Å². The molecule has 1 heterocycles. The average Bonchev–Trinajstić information content (AvgIpc) is 3.22. The zero-order valence-corrected chi connectivity index (χ0v) is 18.2. The van der Waals surface area contributed by atoms with Crippen LogP contribution in [0.4, 0.5) is 0 Å². The van der Waals surface area contributed by atoms with Gasteiger partial charge in [0.2, 0.25) is 15.9 Å². The number of hydrogen-bond acceptors (Lipinski definition) is 6. The number of oxime groups is 1. The highest BCUT2D eigenvalue weighted by Gasteiger charge is 2.42. The van der Waals surface area contributed by atoms with Gasteiger partial charge in [-0.3, -0.25) is 4.79 Å². The minimum Gasteiger partial charge on any atom is -0.399 e. The molecule has 2 N–H and O–H groups in total. The van der Waals surface area contributed by atoms with E-state index in [4.69, 9.17) is 9.94 Å². The maximum atomic E-state index is 13.3. The van der Waals surface area contributed by atoms with Crippen molar-refractivity contribution in [3.8, 4) is 11.1 Å². The van der Waals surface area contributed by atoms with E-state index in [1.165, 1.54) is 11.4 Å². The Bertz CT molecular complexity index is 1010. The van der Waals surface area contributed by atoms with Crippen LogP contribution in [0, 0.1) is 0 Å². The van der Waals surface area contributed by atoms with E-state index >= 15 is 0 Å². The van der Waals surface area contributed by atoms with Crippen LogP contribution in [0.25, 0.3) is 11.1 Å². The number of rotatable bonds is 9. The number of unbranched alkanes of at least 4 members (excludes halogenated alkanes) is 1. The van der Waals surface area contributed by atoms with Crippen molar-refractivity contribution in [2.75, 3.05) is 26.8 Å². The highest BCUT2D eigenvalue weighted by Crippen LogP contribution is 2.27. The smallest absolute Gasteiger partial charge is 0.244 e. The standard InChI is InChI=1S/C22H27N3O5S/c1-30-24-19-15-21(22(27)23-13-5-6-14-26)25(16-19)31(28,29)20-11-9-18(10-12-20)17-7-3-2-4-8-17/h2-4,7-12,21,26H,5-6,13-16H2,1H3,(H,23,27)/t21-/m0/s1. The third kappa shape index (κ3) is 5.49. The number of hydrogen-bond donors (Lipinski definition) is 2. The van der Waals surface area contributed by atoms with E-state index < -0.39 is 16.1 Å². The minimum absolute atomic E-state index is 0.00859. The molecule has 0 radical (unpaired) electrons. The van der Waals surface area contributed by atoms with Crippen molar-refractivity contribution in [2.24, 2.45) is 5.16 Å². The molecule has 1 aliphatic heterocycles. The molecule has 1 atom stereocenters. The molecule has 0 aliphatic carbocycles. The molecule has 1 aliphatic rings. The van der Waals surface area contributed by atoms with Crippen LogP contribution in [0.2, 0.25) is 0 Å². The third-order valence-electron chi connectivity index (χ3n) is 5.09. The number of nitrogens with one attached hydrogen (secondary N) is 1. The zero-order valence-electron chi connectivity index (χ0n) is 17.4. The summed E-state index contributed by atoms with van der Waals surface area (Å²) >= 11 is 0. The Morgan fingerprint density at radius 3 is 2.45 bits per heavy atom. The lowest BCUT2D eigenvalue weighted by Crippen LogP contribution is -2.46. The molecular weight excluding hydrogens is 418 g/mol. The van der Waals surface area contributed by atoms with Gasteiger partial charge in [-0.1, -0.05) is 47.6 Å². The number of nitrogens with zero attached hydrogens (tertiary/aromatic N) is 2. The summed E-state index contributed by atoms with van der Waals surface area (Å²) in [5, 5.41) is 15.5. The number of aliphatic hydroxyl groups excluding tert-OH is 1. The number of sulfonamides is 1. The van der Waals surface area contributed by atoms with Gasteiger partial charge in [-0.25, -0.2) is 8.42 Å². The number of aliphatic hydroxyl groups is 1. The van der Waals surface area contributed by atoms with Crippen LogP contribution in [0.1, 0.15) is 19.3 Å². The molecule has 8 nitrogen and oxygen atoms in total. The first-order valence-corrected chi connectivity index (χ1v) is 11.6. The molecule has 31 heavy (non-hydrogen) atoms. The first-order valence-electron chi connectivity index (χ1n) is 10.1. The molecule has 0 bridgehead atoms. The molecule has 1 amide bonds. The number of benzene rings is 2. The van der Waals surface area contributed by atoms with Crippen LogP contribution in [0.3, 0.4) is 0 Å². The fourth-order valence-electron chi connectivity index (χ4n) is 3.50. The lowest BCUT2D eigenvalue weighted by molar-refractivity contribution is -0.124. The summed E-state index contributed by atoms with van der Waals surface area (Å²) in [7, 11) is -2.54. The highest BCUT2D eigenvalue weighted by molar-refractivity contribution is 7.89.